The van der Waals surface area contributed by atoms with Gasteiger partial charge in [-0.3, -0.25) is 0 Å². The first-order valence-corrected chi connectivity index (χ1v) is 6.89. The Morgan fingerprint density at radius 1 is 1.42 bits per heavy atom. The van der Waals surface area contributed by atoms with Crippen molar-refractivity contribution in [1.29, 1.82) is 0 Å². The highest BCUT2D eigenvalue weighted by Gasteiger charge is 2.08. The van der Waals surface area contributed by atoms with Gasteiger partial charge in [0, 0.05) is 10.5 Å². The molecule has 1 N–H and O–H groups in total. The maximum absolute atomic E-state index is 13.0. The van der Waals surface area contributed by atoms with Crippen molar-refractivity contribution in [2.24, 2.45) is 0 Å². The summed E-state index contributed by atoms with van der Waals surface area (Å²) in [4.78, 5) is 4.23. The first-order valence-electron chi connectivity index (χ1n) is 6.10. The predicted octanol–water partition coefficient (Wildman–Crippen LogP) is 2.73. The van der Waals surface area contributed by atoms with Crippen LogP contribution in [0.2, 0.25) is 0 Å². The Balaban J connectivity index is 2.12. The highest BCUT2D eigenvalue weighted by Crippen LogP contribution is 2.19. The van der Waals surface area contributed by atoms with E-state index in [-0.39, 0.29) is 5.82 Å². The number of halogens is 2. The molecule has 6 heteroatoms. The van der Waals surface area contributed by atoms with Gasteiger partial charge in [0.05, 0.1) is 13.1 Å². The van der Waals surface area contributed by atoms with Gasteiger partial charge in [-0.25, -0.2) is 14.1 Å². The Bertz CT molecular complexity index is 553. The second-order valence-electron chi connectivity index (χ2n) is 4.61. The lowest BCUT2D eigenvalue weighted by atomic mass is 10.2. The Morgan fingerprint density at radius 3 is 2.89 bits per heavy atom. The number of aromatic nitrogens is 3. The van der Waals surface area contributed by atoms with E-state index < -0.39 is 0 Å². The summed E-state index contributed by atoms with van der Waals surface area (Å²) in [5.41, 5.74) is 0.970. The fourth-order valence-corrected chi connectivity index (χ4v) is 2.14. The summed E-state index contributed by atoms with van der Waals surface area (Å²) < 4.78 is 15.6. The molecule has 1 heterocycles. The van der Waals surface area contributed by atoms with Gasteiger partial charge in [-0.05, 0) is 17.7 Å². The SMILES string of the molecule is CC(C)NCc1ncnn1Cc1ccc(F)cc1Br. The zero-order chi connectivity index (χ0) is 13.8. The van der Waals surface area contributed by atoms with Crippen LogP contribution in [0.5, 0.6) is 0 Å². The molecule has 0 saturated carbocycles. The van der Waals surface area contributed by atoms with E-state index in [2.05, 4.69) is 45.2 Å². The van der Waals surface area contributed by atoms with Crippen LogP contribution in [-0.2, 0) is 13.1 Å². The molecule has 0 fully saturated rings. The highest BCUT2D eigenvalue weighted by atomic mass is 79.9. The van der Waals surface area contributed by atoms with E-state index in [0.717, 1.165) is 15.9 Å². The predicted molar refractivity (Wildman–Crippen MR) is 75.2 cm³/mol. The van der Waals surface area contributed by atoms with Crippen molar-refractivity contribution in [2.75, 3.05) is 0 Å². The van der Waals surface area contributed by atoms with Crippen molar-refractivity contribution in [1.82, 2.24) is 20.1 Å². The Hall–Kier alpha value is -1.27. The van der Waals surface area contributed by atoms with Crippen LogP contribution in [0.3, 0.4) is 0 Å². The number of hydrogen-bond acceptors (Lipinski definition) is 3. The molecule has 0 unspecified atom stereocenters. The molecule has 2 rings (SSSR count). The minimum Gasteiger partial charge on any atom is -0.308 e. The average molecular weight is 327 g/mol. The van der Waals surface area contributed by atoms with E-state index in [4.69, 9.17) is 0 Å². The molecule has 0 radical (unpaired) electrons. The zero-order valence-corrected chi connectivity index (χ0v) is 12.5. The number of nitrogens with zero attached hydrogens (tertiary/aromatic N) is 3. The van der Waals surface area contributed by atoms with E-state index >= 15 is 0 Å². The van der Waals surface area contributed by atoms with E-state index in [9.17, 15) is 4.39 Å². The fourth-order valence-electron chi connectivity index (χ4n) is 1.66. The molecule has 19 heavy (non-hydrogen) atoms. The molecule has 0 spiro atoms. The Labute approximate surface area is 120 Å². The molecule has 0 atom stereocenters. The van der Waals surface area contributed by atoms with Crippen molar-refractivity contribution in [2.45, 2.75) is 33.0 Å². The number of rotatable bonds is 5. The van der Waals surface area contributed by atoms with Crippen LogP contribution >= 0.6 is 15.9 Å². The van der Waals surface area contributed by atoms with Gasteiger partial charge in [-0.1, -0.05) is 35.8 Å². The van der Waals surface area contributed by atoms with Crippen LogP contribution in [0.1, 0.15) is 25.2 Å². The summed E-state index contributed by atoms with van der Waals surface area (Å²) >= 11 is 3.36. The minimum atomic E-state index is -0.254. The molecule has 1 aromatic carbocycles. The van der Waals surface area contributed by atoms with Gasteiger partial charge in [0.1, 0.15) is 18.0 Å². The van der Waals surface area contributed by atoms with Gasteiger partial charge in [-0.2, -0.15) is 5.10 Å². The summed E-state index contributed by atoms with van der Waals surface area (Å²) in [7, 11) is 0. The van der Waals surface area contributed by atoms with Crippen LogP contribution in [-0.4, -0.2) is 20.8 Å². The lowest BCUT2D eigenvalue weighted by Crippen LogP contribution is -2.24. The maximum Gasteiger partial charge on any atom is 0.141 e. The van der Waals surface area contributed by atoms with Crippen LogP contribution in [0.25, 0.3) is 0 Å². The third-order valence-electron chi connectivity index (χ3n) is 2.70. The van der Waals surface area contributed by atoms with Crippen LogP contribution < -0.4 is 5.32 Å². The van der Waals surface area contributed by atoms with E-state index in [1.807, 2.05) is 4.68 Å². The van der Waals surface area contributed by atoms with E-state index in [1.54, 1.807) is 6.07 Å². The highest BCUT2D eigenvalue weighted by molar-refractivity contribution is 9.10. The lowest BCUT2D eigenvalue weighted by molar-refractivity contribution is 0.538. The molecule has 0 saturated heterocycles. The first-order chi connectivity index (χ1) is 9.06. The number of nitrogens with one attached hydrogen (secondary N) is 1. The minimum absolute atomic E-state index is 0.254. The molecule has 0 amide bonds. The van der Waals surface area contributed by atoms with E-state index in [0.29, 0.717) is 19.1 Å². The summed E-state index contributed by atoms with van der Waals surface area (Å²) in [5.74, 6) is 0.612. The summed E-state index contributed by atoms with van der Waals surface area (Å²) in [5, 5.41) is 7.51. The van der Waals surface area contributed by atoms with Crippen LogP contribution in [0, 0.1) is 5.82 Å². The molecule has 2 aromatic rings. The number of benzene rings is 1. The second-order valence-corrected chi connectivity index (χ2v) is 5.46. The van der Waals surface area contributed by atoms with Crippen molar-refractivity contribution < 1.29 is 4.39 Å². The lowest BCUT2D eigenvalue weighted by Gasteiger charge is -2.10. The smallest absolute Gasteiger partial charge is 0.141 e. The largest absolute Gasteiger partial charge is 0.308 e. The summed E-state index contributed by atoms with van der Waals surface area (Å²) in [6.07, 6.45) is 1.54. The molecular weight excluding hydrogens is 311 g/mol. The average Bonchev–Trinajstić information content (AvgIpc) is 2.77. The topological polar surface area (TPSA) is 42.7 Å². The maximum atomic E-state index is 13.0. The van der Waals surface area contributed by atoms with Crippen molar-refractivity contribution in [3.63, 3.8) is 0 Å². The van der Waals surface area contributed by atoms with Crippen LogP contribution in [0.15, 0.2) is 29.0 Å². The summed E-state index contributed by atoms with van der Waals surface area (Å²) in [6.45, 7) is 5.39. The molecule has 0 aliphatic carbocycles. The van der Waals surface area contributed by atoms with Crippen LogP contribution in [0.4, 0.5) is 4.39 Å². The standard InChI is InChI=1S/C13H16BrFN4/c1-9(2)16-6-13-17-8-18-19(13)7-10-3-4-11(15)5-12(10)14/h3-5,8-9,16H,6-7H2,1-2H3. The van der Waals surface area contributed by atoms with Gasteiger partial charge >= 0.3 is 0 Å². The fraction of sp³-hybridized carbons (Fsp3) is 0.385. The monoisotopic (exact) mass is 326 g/mol. The Morgan fingerprint density at radius 2 is 2.21 bits per heavy atom. The van der Waals surface area contributed by atoms with Crippen molar-refractivity contribution in [3.8, 4) is 0 Å². The van der Waals surface area contributed by atoms with Gasteiger partial charge < -0.3 is 5.32 Å². The molecule has 1 aromatic heterocycles. The van der Waals surface area contributed by atoms with Gasteiger partial charge in [0.2, 0.25) is 0 Å². The van der Waals surface area contributed by atoms with E-state index in [1.165, 1.54) is 18.5 Å². The molecular formula is C13H16BrFN4. The quantitative estimate of drug-likeness (QED) is 0.918. The third-order valence-corrected chi connectivity index (χ3v) is 3.44. The first kappa shape index (κ1) is 14.1. The second kappa shape index (κ2) is 6.25. The van der Waals surface area contributed by atoms with Crippen molar-refractivity contribution >= 4 is 15.9 Å². The zero-order valence-electron chi connectivity index (χ0n) is 10.9. The van der Waals surface area contributed by atoms with Gasteiger partial charge in [0.15, 0.2) is 0 Å². The third kappa shape index (κ3) is 3.84. The molecule has 0 bridgehead atoms. The van der Waals surface area contributed by atoms with Crippen molar-refractivity contribution in [3.05, 3.63) is 46.2 Å². The molecule has 0 aliphatic rings. The van der Waals surface area contributed by atoms with Gasteiger partial charge in [-0.15, -0.1) is 0 Å². The molecule has 4 nitrogen and oxygen atoms in total. The van der Waals surface area contributed by atoms with Gasteiger partial charge in [0.25, 0.3) is 0 Å². The normalized spacial score (nSPS) is 11.2. The number of hydrogen-bond donors (Lipinski definition) is 1. The molecule has 0 aliphatic heterocycles. The molecule has 102 valence electrons. The Kier molecular flexibility index (Phi) is 4.66. The summed E-state index contributed by atoms with van der Waals surface area (Å²) in [6, 6.07) is 5.05.